The van der Waals surface area contributed by atoms with E-state index in [1.165, 1.54) is 6.07 Å². The van der Waals surface area contributed by atoms with E-state index in [0.717, 1.165) is 17.5 Å². The number of pyridine rings is 1. The second-order valence-electron chi connectivity index (χ2n) is 6.73. The number of benzene rings is 1. The first-order valence-corrected chi connectivity index (χ1v) is 11.4. The van der Waals surface area contributed by atoms with E-state index in [0.29, 0.717) is 37.2 Å². The van der Waals surface area contributed by atoms with Crippen LogP contribution in [0.1, 0.15) is 6.92 Å². The number of amides is 1. The number of aromatic nitrogens is 3. The molecule has 1 N–H and O–H groups in total. The summed E-state index contributed by atoms with van der Waals surface area (Å²) in [5, 5.41) is 0. The maximum absolute atomic E-state index is 12.8. The fourth-order valence-corrected chi connectivity index (χ4v) is 5.28. The molecule has 1 saturated heterocycles. The quantitative estimate of drug-likeness (QED) is 0.643. The van der Waals surface area contributed by atoms with Crippen molar-refractivity contribution in [2.24, 2.45) is 0 Å². The van der Waals surface area contributed by atoms with Crippen LogP contribution in [0.25, 0.3) is 11.0 Å². The van der Waals surface area contributed by atoms with Gasteiger partial charge in [-0.1, -0.05) is 12.1 Å². The Bertz CT molecular complexity index is 1110. The van der Waals surface area contributed by atoms with Gasteiger partial charge in [0.1, 0.15) is 21.7 Å². The molecular formula is C18H20N6O3S2. The molecule has 1 aromatic carbocycles. The molecule has 0 aliphatic carbocycles. The van der Waals surface area contributed by atoms with Gasteiger partial charge in [0.05, 0.1) is 17.8 Å². The molecule has 3 aromatic rings. The van der Waals surface area contributed by atoms with Gasteiger partial charge < -0.3 is 9.80 Å². The average molecular weight is 433 g/mol. The number of carbonyl (C=O) groups excluding carboxylic acids is 1. The van der Waals surface area contributed by atoms with Gasteiger partial charge >= 0.3 is 0 Å². The second kappa shape index (κ2) is 8.01. The number of rotatable bonds is 5. The molecule has 29 heavy (non-hydrogen) atoms. The third-order valence-electron chi connectivity index (χ3n) is 4.81. The summed E-state index contributed by atoms with van der Waals surface area (Å²) in [6.45, 7) is 3.86. The minimum atomic E-state index is -3.91. The molecule has 2 aromatic heterocycles. The second-order valence-corrected chi connectivity index (χ2v) is 8.94. The summed E-state index contributed by atoms with van der Waals surface area (Å²) in [5.74, 6) is 0.621. The molecule has 1 aliphatic heterocycles. The van der Waals surface area contributed by atoms with Crippen molar-refractivity contribution in [3.63, 3.8) is 0 Å². The summed E-state index contributed by atoms with van der Waals surface area (Å²) >= 11 is 0.952. The van der Waals surface area contributed by atoms with Crippen molar-refractivity contribution in [2.75, 3.05) is 31.1 Å². The summed E-state index contributed by atoms with van der Waals surface area (Å²) in [7, 11) is -3.91. The number of sulfonamides is 1. The minimum Gasteiger partial charge on any atom is -0.353 e. The highest BCUT2D eigenvalue weighted by atomic mass is 32.2. The first kappa shape index (κ1) is 19.7. The third-order valence-corrected chi connectivity index (χ3v) is 6.92. The molecule has 4 rings (SSSR count). The largest absolute Gasteiger partial charge is 0.353 e. The predicted molar refractivity (Wildman–Crippen MR) is 110 cm³/mol. The van der Waals surface area contributed by atoms with Gasteiger partial charge in [0.15, 0.2) is 0 Å². The SMILES string of the molecule is C[C@@H](NS(=O)(=O)c1cccc2nsnc12)C(=O)N1CCN(c2ccccn2)CC1. The fraction of sp³-hybridized carbons (Fsp3) is 0.333. The van der Waals surface area contributed by atoms with E-state index in [1.54, 1.807) is 30.2 Å². The van der Waals surface area contributed by atoms with Crippen LogP contribution < -0.4 is 9.62 Å². The summed E-state index contributed by atoms with van der Waals surface area (Å²) in [5.41, 5.74) is 0.830. The van der Waals surface area contributed by atoms with Crippen molar-refractivity contribution >= 4 is 44.5 Å². The number of hydrogen-bond acceptors (Lipinski definition) is 8. The van der Waals surface area contributed by atoms with Gasteiger partial charge in [-0.15, -0.1) is 0 Å². The Balaban J connectivity index is 1.41. The zero-order chi connectivity index (χ0) is 20.4. The van der Waals surface area contributed by atoms with Gasteiger partial charge in [-0.2, -0.15) is 13.5 Å². The van der Waals surface area contributed by atoms with Crippen LogP contribution >= 0.6 is 11.7 Å². The Morgan fingerprint density at radius 1 is 1.10 bits per heavy atom. The van der Waals surface area contributed by atoms with Gasteiger partial charge in [0.2, 0.25) is 15.9 Å². The maximum atomic E-state index is 12.8. The summed E-state index contributed by atoms with van der Waals surface area (Å²) in [6, 6.07) is 9.61. The number of hydrogen-bond donors (Lipinski definition) is 1. The van der Waals surface area contributed by atoms with Crippen LogP contribution in [0.2, 0.25) is 0 Å². The highest BCUT2D eigenvalue weighted by Gasteiger charge is 2.29. The molecule has 0 bridgehead atoms. The van der Waals surface area contributed by atoms with Gasteiger partial charge in [-0.05, 0) is 31.2 Å². The standard InChI is InChI=1S/C18H20N6O3S2/c1-13(22-29(26,27)15-6-4-5-14-17(15)21-28-20-14)18(25)24-11-9-23(10-12-24)16-7-2-3-8-19-16/h2-8,13,22H,9-12H2,1H3/t13-/m1/s1. The van der Waals surface area contributed by atoms with Crippen LogP contribution in [0.15, 0.2) is 47.5 Å². The van der Waals surface area contributed by atoms with Crippen LogP contribution in [0, 0.1) is 0 Å². The van der Waals surface area contributed by atoms with E-state index >= 15 is 0 Å². The van der Waals surface area contributed by atoms with E-state index < -0.39 is 16.1 Å². The number of carbonyl (C=O) groups is 1. The van der Waals surface area contributed by atoms with Crippen LogP contribution in [-0.4, -0.2) is 65.2 Å². The Kier molecular flexibility index (Phi) is 5.43. The van der Waals surface area contributed by atoms with Gasteiger partial charge in [-0.25, -0.2) is 13.4 Å². The lowest BCUT2D eigenvalue weighted by molar-refractivity contribution is -0.132. The first-order chi connectivity index (χ1) is 14.0. The van der Waals surface area contributed by atoms with Gasteiger partial charge in [0.25, 0.3) is 0 Å². The van der Waals surface area contributed by atoms with Crippen LogP contribution in [0.3, 0.4) is 0 Å². The molecule has 9 nitrogen and oxygen atoms in total. The molecule has 1 aliphatic rings. The van der Waals surface area contributed by atoms with E-state index in [-0.39, 0.29) is 10.8 Å². The van der Waals surface area contributed by atoms with E-state index in [4.69, 9.17) is 0 Å². The van der Waals surface area contributed by atoms with Crippen molar-refractivity contribution in [3.8, 4) is 0 Å². The topological polar surface area (TPSA) is 108 Å². The smallest absolute Gasteiger partial charge is 0.243 e. The number of nitrogens with zero attached hydrogens (tertiary/aromatic N) is 5. The predicted octanol–water partition coefficient (Wildman–Crippen LogP) is 1.10. The Morgan fingerprint density at radius 2 is 1.90 bits per heavy atom. The lowest BCUT2D eigenvalue weighted by Gasteiger charge is -2.36. The van der Waals surface area contributed by atoms with Crippen molar-refractivity contribution < 1.29 is 13.2 Å². The van der Waals surface area contributed by atoms with Crippen LogP contribution in [-0.2, 0) is 14.8 Å². The average Bonchev–Trinajstić information content (AvgIpc) is 3.22. The lowest BCUT2D eigenvalue weighted by atomic mass is 10.2. The molecule has 0 spiro atoms. The molecule has 152 valence electrons. The number of piperazine rings is 1. The lowest BCUT2D eigenvalue weighted by Crippen LogP contribution is -2.54. The third kappa shape index (κ3) is 4.07. The number of anilines is 1. The molecule has 0 unspecified atom stereocenters. The monoisotopic (exact) mass is 432 g/mol. The van der Waals surface area contributed by atoms with E-state index in [1.807, 2.05) is 18.2 Å². The van der Waals surface area contributed by atoms with E-state index in [2.05, 4.69) is 23.4 Å². The Morgan fingerprint density at radius 3 is 2.62 bits per heavy atom. The summed E-state index contributed by atoms with van der Waals surface area (Å²) < 4.78 is 36.3. The molecule has 1 atom stereocenters. The van der Waals surface area contributed by atoms with Gasteiger partial charge in [0, 0.05) is 32.4 Å². The summed E-state index contributed by atoms with van der Waals surface area (Å²) in [6.07, 6.45) is 1.74. The maximum Gasteiger partial charge on any atom is 0.243 e. The highest BCUT2D eigenvalue weighted by Crippen LogP contribution is 2.21. The normalized spacial score (nSPS) is 16.2. The minimum absolute atomic E-state index is 0.0309. The molecular weight excluding hydrogens is 412 g/mol. The van der Waals surface area contributed by atoms with Crippen molar-refractivity contribution in [1.29, 1.82) is 0 Å². The van der Waals surface area contributed by atoms with Crippen molar-refractivity contribution in [2.45, 2.75) is 17.9 Å². The first-order valence-electron chi connectivity index (χ1n) is 9.14. The number of nitrogens with one attached hydrogen (secondary N) is 1. The van der Waals surface area contributed by atoms with Crippen molar-refractivity contribution in [1.82, 2.24) is 23.4 Å². The van der Waals surface area contributed by atoms with Crippen molar-refractivity contribution in [3.05, 3.63) is 42.6 Å². The number of fused-ring (bicyclic) bond motifs is 1. The van der Waals surface area contributed by atoms with Gasteiger partial charge in [-0.3, -0.25) is 4.79 Å². The molecule has 1 amide bonds. The Labute approximate surface area is 172 Å². The molecule has 11 heteroatoms. The Hall–Kier alpha value is -2.63. The molecule has 3 heterocycles. The highest BCUT2D eigenvalue weighted by molar-refractivity contribution is 7.89. The molecule has 1 fully saturated rings. The zero-order valence-electron chi connectivity index (χ0n) is 15.7. The summed E-state index contributed by atoms with van der Waals surface area (Å²) in [4.78, 5) is 20.9. The van der Waals surface area contributed by atoms with Crippen LogP contribution in [0.4, 0.5) is 5.82 Å². The van der Waals surface area contributed by atoms with E-state index in [9.17, 15) is 13.2 Å². The fourth-order valence-electron chi connectivity index (χ4n) is 3.32. The van der Waals surface area contributed by atoms with Crippen LogP contribution in [0.5, 0.6) is 0 Å². The molecule has 0 saturated carbocycles. The molecule has 0 radical (unpaired) electrons. The zero-order valence-corrected chi connectivity index (χ0v) is 17.4.